The summed E-state index contributed by atoms with van der Waals surface area (Å²) in [4.78, 5) is 28.5. The Labute approximate surface area is 177 Å². The van der Waals surface area contributed by atoms with Gasteiger partial charge in [-0.3, -0.25) is 14.5 Å². The highest BCUT2D eigenvalue weighted by Crippen LogP contribution is 2.41. The average Bonchev–Trinajstić information content (AvgIpc) is 3.34. The number of hydrogen-bond donors (Lipinski definition) is 0. The van der Waals surface area contributed by atoms with Crippen molar-refractivity contribution in [3.05, 3.63) is 87.0 Å². The summed E-state index contributed by atoms with van der Waals surface area (Å²) in [6, 6.07) is 13.7. The first kappa shape index (κ1) is 19.1. The summed E-state index contributed by atoms with van der Waals surface area (Å²) in [5.74, 6) is 1.08. The lowest BCUT2D eigenvalue weighted by molar-refractivity contribution is 0.0969. The molecule has 7 nitrogen and oxygen atoms in total. The van der Waals surface area contributed by atoms with Gasteiger partial charge in [0.25, 0.3) is 5.91 Å². The van der Waals surface area contributed by atoms with Crippen LogP contribution in [0.15, 0.2) is 62.3 Å². The molecule has 3 heterocycles. The molecule has 0 unspecified atom stereocenters. The highest BCUT2D eigenvalue weighted by molar-refractivity contribution is 6.10. The number of aryl methyl sites for hydroxylation is 2. The minimum atomic E-state index is -0.715. The Morgan fingerprint density at radius 2 is 1.97 bits per heavy atom. The fourth-order valence-electron chi connectivity index (χ4n) is 4.07. The largest absolute Gasteiger partial charge is 0.497 e. The average molecular weight is 416 g/mol. The molecule has 2 aromatic heterocycles. The quantitative estimate of drug-likeness (QED) is 0.490. The van der Waals surface area contributed by atoms with Crippen molar-refractivity contribution in [1.82, 2.24) is 5.16 Å². The fourth-order valence-corrected chi connectivity index (χ4v) is 4.07. The third-order valence-electron chi connectivity index (χ3n) is 5.61. The first-order valence-electron chi connectivity index (χ1n) is 10.0. The molecule has 1 aliphatic rings. The summed E-state index contributed by atoms with van der Waals surface area (Å²) < 4.78 is 16.6. The zero-order chi connectivity index (χ0) is 21.7. The number of hydrogen-bond acceptors (Lipinski definition) is 6. The number of ether oxygens (including phenoxy) is 1. The normalized spacial score (nSPS) is 15.5. The second kappa shape index (κ2) is 7.12. The molecule has 1 aliphatic heterocycles. The van der Waals surface area contributed by atoms with Crippen LogP contribution in [0, 0.1) is 6.92 Å². The van der Waals surface area contributed by atoms with Gasteiger partial charge < -0.3 is 13.7 Å². The van der Waals surface area contributed by atoms with Crippen LogP contribution in [0.25, 0.3) is 11.0 Å². The van der Waals surface area contributed by atoms with E-state index in [9.17, 15) is 9.59 Å². The number of fused-ring (bicyclic) bond motifs is 2. The molecule has 0 fully saturated rings. The monoisotopic (exact) mass is 416 g/mol. The lowest BCUT2D eigenvalue weighted by Gasteiger charge is -2.22. The van der Waals surface area contributed by atoms with Gasteiger partial charge in [-0.1, -0.05) is 30.3 Å². The minimum absolute atomic E-state index is 0.0234. The minimum Gasteiger partial charge on any atom is -0.497 e. The molecule has 156 valence electrons. The topological polar surface area (TPSA) is 85.8 Å². The van der Waals surface area contributed by atoms with Gasteiger partial charge in [0.2, 0.25) is 5.76 Å². The van der Waals surface area contributed by atoms with Crippen LogP contribution in [0.1, 0.15) is 46.0 Å². The molecule has 1 atom stereocenters. The molecule has 0 spiro atoms. The summed E-state index contributed by atoms with van der Waals surface area (Å²) in [6.07, 6.45) is 0.787. The van der Waals surface area contributed by atoms with E-state index in [2.05, 4.69) is 5.16 Å². The molecule has 0 aliphatic carbocycles. The fraction of sp³-hybridized carbons (Fsp3) is 0.208. The summed E-state index contributed by atoms with van der Waals surface area (Å²) in [5, 5.41) is 4.49. The van der Waals surface area contributed by atoms with Crippen LogP contribution >= 0.6 is 0 Å². The third kappa shape index (κ3) is 2.92. The van der Waals surface area contributed by atoms with Gasteiger partial charge in [0, 0.05) is 6.07 Å². The van der Waals surface area contributed by atoms with Gasteiger partial charge in [0.1, 0.15) is 17.1 Å². The summed E-state index contributed by atoms with van der Waals surface area (Å²) in [6.45, 7) is 3.77. The van der Waals surface area contributed by atoms with E-state index in [0.29, 0.717) is 39.4 Å². The molecular weight excluding hydrogens is 396 g/mol. The molecule has 0 bridgehead atoms. The molecule has 2 aromatic carbocycles. The van der Waals surface area contributed by atoms with E-state index in [1.807, 2.05) is 37.3 Å². The first-order chi connectivity index (χ1) is 15.0. The number of amides is 1. The maximum absolute atomic E-state index is 13.6. The lowest BCUT2D eigenvalue weighted by Crippen LogP contribution is -2.29. The Balaban J connectivity index is 1.81. The van der Waals surface area contributed by atoms with Gasteiger partial charge in [0.15, 0.2) is 11.2 Å². The van der Waals surface area contributed by atoms with E-state index >= 15 is 0 Å². The van der Waals surface area contributed by atoms with Gasteiger partial charge in [0.05, 0.1) is 24.1 Å². The number of carbonyl (C=O) groups excluding carboxylic acids is 1. The zero-order valence-electron chi connectivity index (χ0n) is 17.3. The number of rotatable bonds is 4. The van der Waals surface area contributed by atoms with Gasteiger partial charge in [-0.15, -0.1) is 0 Å². The molecule has 5 rings (SSSR count). The van der Waals surface area contributed by atoms with Crippen LogP contribution in [0.4, 0.5) is 5.82 Å². The van der Waals surface area contributed by atoms with E-state index in [4.69, 9.17) is 13.7 Å². The van der Waals surface area contributed by atoms with Gasteiger partial charge >= 0.3 is 0 Å². The number of anilines is 1. The van der Waals surface area contributed by atoms with Crippen LogP contribution in [0.3, 0.4) is 0 Å². The van der Waals surface area contributed by atoms with Gasteiger partial charge in [-0.25, -0.2) is 0 Å². The number of nitrogens with zero attached hydrogens (tertiary/aromatic N) is 2. The first-order valence-corrected chi connectivity index (χ1v) is 10.0. The molecular formula is C24H20N2O5. The second-order valence-electron chi connectivity index (χ2n) is 7.51. The maximum Gasteiger partial charge on any atom is 0.296 e. The van der Waals surface area contributed by atoms with Crippen molar-refractivity contribution in [3.8, 4) is 5.75 Å². The van der Waals surface area contributed by atoms with Crippen LogP contribution in [-0.2, 0) is 6.42 Å². The van der Waals surface area contributed by atoms with Crippen LogP contribution in [0.2, 0.25) is 0 Å². The van der Waals surface area contributed by atoms with Crippen molar-refractivity contribution in [2.45, 2.75) is 26.3 Å². The highest BCUT2D eigenvalue weighted by atomic mass is 16.5. The Morgan fingerprint density at radius 3 is 2.68 bits per heavy atom. The zero-order valence-corrected chi connectivity index (χ0v) is 17.3. The van der Waals surface area contributed by atoms with E-state index in [-0.39, 0.29) is 11.2 Å². The Bertz CT molecular complexity index is 1380. The van der Waals surface area contributed by atoms with Crippen LogP contribution < -0.4 is 15.1 Å². The van der Waals surface area contributed by atoms with E-state index in [1.54, 1.807) is 32.2 Å². The van der Waals surface area contributed by atoms with Crippen LogP contribution in [-0.4, -0.2) is 18.2 Å². The summed E-state index contributed by atoms with van der Waals surface area (Å²) in [7, 11) is 1.57. The van der Waals surface area contributed by atoms with Crippen molar-refractivity contribution in [2.24, 2.45) is 0 Å². The number of aromatic nitrogens is 1. The predicted octanol–water partition coefficient (Wildman–Crippen LogP) is 4.41. The van der Waals surface area contributed by atoms with Crippen molar-refractivity contribution in [2.75, 3.05) is 12.0 Å². The number of benzene rings is 2. The molecule has 31 heavy (non-hydrogen) atoms. The van der Waals surface area contributed by atoms with E-state index in [0.717, 1.165) is 12.0 Å². The predicted molar refractivity (Wildman–Crippen MR) is 115 cm³/mol. The summed E-state index contributed by atoms with van der Waals surface area (Å²) in [5.41, 5.74) is 2.18. The smallest absolute Gasteiger partial charge is 0.296 e. The van der Waals surface area contributed by atoms with Crippen molar-refractivity contribution < 1.29 is 18.5 Å². The molecule has 0 N–H and O–H groups in total. The molecule has 0 saturated heterocycles. The molecule has 1 amide bonds. The SMILES string of the molecule is CCc1ccc2oc3c(c(=O)c2c1)[C@H](c1cccc(OC)c1)N(c1cc(C)on1)C3=O. The standard InChI is InChI=1S/C24H20N2O5/c1-4-14-8-9-18-17(11-14)22(27)20-21(15-6-5-7-16(12-15)29-3)26(24(28)23(20)30-18)19-10-13(2)31-25-19/h5-12,21H,4H2,1-3H3/t21-/m0/s1. The van der Waals surface area contributed by atoms with Crippen molar-refractivity contribution in [1.29, 1.82) is 0 Å². The van der Waals surface area contributed by atoms with Gasteiger partial charge in [-0.05, 0) is 48.7 Å². The van der Waals surface area contributed by atoms with E-state index in [1.165, 1.54) is 4.90 Å². The Morgan fingerprint density at radius 1 is 1.13 bits per heavy atom. The summed E-state index contributed by atoms with van der Waals surface area (Å²) >= 11 is 0. The third-order valence-corrected chi connectivity index (χ3v) is 5.61. The highest BCUT2D eigenvalue weighted by Gasteiger charge is 2.45. The number of methoxy groups -OCH3 is 1. The number of carbonyl (C=O) groups is 1. The molecule has 0 saturated carbocycles. The van der Waals surface area contributed by atoms with Crippen molar-refractivity contribution >= 4 is 22.7 Å². The Kier molecular flexibility index (Phi) is 4.39. The molecule has 0 radical (unpaired) electrons. The molecule has 4 aromatic rings. The van der Waals surface area contributed by atoms with Crippen LogP contribution in [0.5, 0.6) is 5.75 Å². The van der Waals surface area contributed by atoms with Crippen molar-refractivity contribution in [3.63, 3.8) is 0 Å². The molecule has 7 heteroatoms. The Hall–Kier alpha value is -3.87. The van der Waals surface area contributed by atoms with E-state index < -0.39 is 11.9 Å². The second-order valence-corrected chi connectivity index (χ2v) is 7.51. The lowest BCUT2D eigenvalue weighted by atomic mass is 9.97. The maximum atomic E-state index is 13.6. The van der Waals surface area contributed by atoms with Gasteiger partial charge in [-0.2, -0.15) is 0 Å².